The van der Waals surface area contributed by atoms with Crippen molar-refractivity contribution < 1.29 is 22.7 Å². The van der Waals surface area contributed by atoms with Crippen molar-refractivity contribution in [3.05, 3.63) is 69.1 Å². The van der Waals surface area contributed by atoms with Crippen LogP contribution in [0.2, 0.25) is 0 Å². The third kappa shape index (κ3) is 7.50. The standard InChI is InChI=1S/C21H26N2O5S.C2H6/c1-5-23(6-2)19-12-9-16-13-17(21(24)28-20(16)14-19)8-11-18(22-4)10-7-15(3)29(25,26)27;1-2/h7-14,22H,5-6H2,1-4H3,(H,25,26,27);1-2H3/p+1/b11-8+,15-7+,18-10-;. The van der Waals surface area contributed by atoms with E-state index in [9.17, 15) is 13.2 Å². The van der Waals surface area contributed by atoms with Crippen molar-refractivity contribution in [2.75, 3.05) is 25.0 Å². The topological polar surface area (TPSA) is 104 Å². The molecule has 3 N–H and O–H groups in total. The van der Waals surface area contributed by atoms with Gasteiger partial charge in [0.1, 0.15) is 11.3 Å². The van der Waals surface area contributed by atoms with E-state index >= 15 is 0 Å². The van der Waals surface area contributed by atoms with Crippen LogP contribution < -0.4 is 15.8 Å². The Morgan fingerprint density at radius 3 is 2.35 bits per heavy atom. The Morgan fingerprint density at radius 1 is 1.16 bits per heavy atom. The van der Waals surface area contributed by atoms with Crippen molar-refractivity contribution in [1.29, 1.82) is 0 Å². The zero-order chi connectivity index (χ0) is 23.6. The highest BCUT2D eigenvalue weighted by molar-refractivity contribution is 7.89. The Morgan fingerprint density at radius 2 is 1.81 bits per heavy atom. The second-order valence-corrected chi connectivity index (χ2v) is 8.02. The van der Waals surface area contributed by atoms with Crippen LogP contribution in [0.5, 0.6) is 0 Å². The van der Waals surface area contributed by atoms with Gasteiger partial charge in [-0.25, -0.2) is 4.79 Å². The van der Waals surface area contributed by atoms with Gasteiger partial charge >= 0.3 is 5.63 Å². The summed E-state index contributed by atoms with van der Waals surface area (Å²) in [6, 6.07) is 7.54. The predicted octanol–water partition coefficient (Wildman–Crippen LogP) is 3.55. The molecule has 8 heteroatoms. The number of fused-ring (bicyclic) bond motifs is 1. The van der Waals surface area contributed by atoms with Gasteiger partial charge in [0, 0.05) is 30.2 Å². The van der Waals surface area contributed by atoms with Gasteiger partial charge in [0.2, 0.25) is 0 Å². The number of rotatable bonds is 8. The maximum Gasteiger partial charge on any atom is 0.343 e. The van der Waals surface area contributed by atoms with Crippen molar-refractivity contribution in [3.63, 3.8) is 0 Å². The van der Waals surface area contributed by atoms with Gasteiger partial charge in [0.25, 0.3) is 10.1 Å². The van der Waals surface area contributed by atoms with E-state index in [-0.39, 0.29) is 4.91 Å². The molecule has 0 saturated heterocycles. The number of nitrogens with zero attached hydrogens (tertiary/aromatic N) is 1. The molecular formula is C23H33N2O5S+. The molecule has 2 aromatic rings. The normalized spacial score (nSPS) is 12.7. The largest absolute Gasteiger partial charge is 0.422 e. The van der Waals surface area contributed by atoms with Gasteiger partial charge in [-0.2, -0.15) is 8.42 Å². The van der Waals surface area contributed by atoms with Gasteiger partial charge in [-0.3, -0.25) is 4.55 Å². The zero-order valence-corrected chi connectivity index (χ0v) is 19.9. The summed E-state index contributed by atoms with van der Waals surface area (Å²) >= 11 is 0. The SMILES string of the molecule is CC.CCN(CC)c1ccc2cc(/C=C/C(=C/C=C(\C)S(=O)(=O)O)[NH2+]C)c(=O)oc2c1. The molecule has 2 rings (SSSR count). The lowest BCUT2D eigenvalue weighted by atomic mass is 10.1. The van der Waals surface area contributed by atoms with Crippen molar-refractivity contribution in [2.45, 2.75) is 34.6 Å². The summed E-state index contributed by atoms with van der Waals surface area (Å²) in [7, 11) is -2.43. The number of benzene rings is 1. The molecule has 0 aliphatic carbocycles. The number of anilines is 1. The summed E-state index contributed by atoms with van der Waals surface area (Å²) in [5, 5.41) is 2.57. The van der Waals surface area contributed by atoms with Crippen LogP contribution in [-0.4, -0.2) is 33.1 Å². The number of quaternary nitrogens is 1. The van der Waals surface area contributed by atoms with Crippen LogP contribution in [0.3, 0.4) is 0 Å². The fourth-order valence-electron chi connectivity index (χ4n) is 2.75. The molecule has 7 nitrogen and oxygen atoms in total. The van der Waals surface area contributed by atoms with Crippen LogP contribution in [-0.2, 0) is 10.1 Å². The fraction of sp³-hybridized carbons (Fsp3) is 0.348. The van der Waals surface area contributed by atoms with Crippen molar-refractivity contribution >= 4 is 32.9 Å². The Balaban J connectivity index is 0.00000233. The first-order chi connectivity index (χ1) is 14.7. The number of allylic oxidation sites excluding steroid dienone is 4. The first kappa shape index (κ1) is 26.4. The second kappa shape index (κ2) is 12.2. The van der Waals surface area contributed by atoms with E-state index < -0.39 is 15.7 Å². The summed E-state index contributed by atoms with van der Waals surface area (Å²) in [6.45, 7) is 11.2. The highest BCUT2D eigenvalue weighted by Gasteiger charge is 2.08. The van der Waals surface area contributed by atoms with Crippen LogP contribution in [0, 0.1) is 0 Å². The van der Waals surface area contributed by atoms with Gasteiger partial charge < -0.3 is 14.6 Å². The second-order valence-electron chi connectivity index (χ2n) is 6.42. The van der Waals surface area contributed by atoms with E-state index in [4.69, 9.17) is 8.97 Å². The number of hydrogen-bond acceptors (Lipinski definition) is 5. The fourth-order valence-corrected chi connectivity index (χ4v) is 2.99. The molecule has 0 bridgehead atoms. The minimum Gasteiger partial charge on any atom is -0.422 e. The Bertz CT molecular complexity index is 1120. The summed E-state index contributed by atoms with van der Waals surface area (Å²) in [5.41, 5.74) is 2.13. The molecule has 0 fully saturated rings. The van der Waals surface area contributed by atoms with Gasteiger partial charge in [-0.15, -0.1) is 0 Å². The third-order valence-corrected chi connectivity index (χ3v) is 5.53. The van der Waals surface area contributed by atoms with E-state index in [0.29, 0.717) is 16.8 Å². The van der Waals surface area contributed by atoms with Crippen LogP contribution in [0.1, 0.15) is 40.2 Å². The van der Waals surface area contributed by atoms with Crippen molar-refractivity contribution in [2.24, 2.45) is 0 Å². The van der Waals surface area contributed by atoms with E-state index in [1.807, 2.05) is 32.0 Å². The van der Waals surface area contributed by atoms with Gasteiger partial charge in [-0.1, -0.05) is 13.8 Å². The minimum absolute atomic E-state index is 0.167. The lowest BCUT2D eigenvalue weighted by Crippen LogP contribution is -2.76. The predicted molar refractivity (Wildman–Crippen MR) is 128 cm³/mol. The van der Waals surface area contributed by atoms with Gasteiger partial charge in [0.05, 0.1) is 17.5 Å². The molecule has 0 unspecified atom stereocenters. The Hall–Kier alpha value is -2.68. The molecule has 0 aliphatic heterocycles. The summed E-state index contributed by atoms with van der Waals surface area (Å²) in [6.07, 6.45) is 6.13. The highest BCUT2D eigenvalue weighted by Crippen LogP contribution is 2.22. The van der Waals surface area contributed by atoms with Crippen LogP contribution in [0.4, 0.5) is 5.69 Å². The monoisotopic (exact) mass is 449 g/mol. The average Bonchev–Trinajstić information content (AvgIpc) is 2.75. The van der Waals surface area contributed by atoms with Crippen LogP contribution in [0.15, 0.2) is 62.3 Å². The molecule has 1 aromatic carbocycles. The van der Waals surface area contributed by atoms with Crippen LogP contribution in [0.25, 0.3) is 17.0 Å². The number of likely N-dealkylation sites (N-methyl/N-ethyl adjacent to an activating group) is 1. The summed E-state index contributed by atoms with van der Waals surface area (Å²) in [5.74, 6) is 0. The lowest BCUT2D eigenvalue weighted by molar-refractivity contribution is -0.571. The molecule has 1 aromatic heterocycles. The number of hydrogen-bond donors (Lipinski definition) is 2. The first-order valence-corrected chi connectivity index (χ1v) is 11.8. The molecular weight excluding hydrogens is 416 g/mol. The first-order valence-electron chi connectivity index (χ1n) is 10.4. The molecule has 0 spiro atoms. The minimum atomic E-state index is -4.21. The highest BCUT2D eigenvalue weighted by atomic mass is 32.2. The van der Waals surface area contributed by atoms with E-state index in [1.54, 1.807) is 36.7 Å². The van der Waals surface area contributed by atoms with Crippen molar-refractivity contribution in [1.82, 2.24) is 0 Å². The average molecular weight is 450 g/mol. The third-order valence-electron chi connectivity index (χ3n) is 4.58. The maximum atomic E-state index is 12.4. The Kier molecular flexibility index (Phi) is 10.4. The van der Waals surface area contributed by atoms with E-state index in [0.717, 1.165) is 24.2 Å². The molecule has 0 aliphatic rings. The smallest absolute Gasteiger partial charge is 0.343 e. The molecule has 170 valence electrons. The molecule has 0 atom stereocenters. The molecule has 1 heterocycles. The van der Waals surface area contributed by atoms with E-state index in [1.165, 1.54) is 13.0 Å². The summed E-state index contributed by atoms with van der Waals surface area (Å²) < 4.78 is 36.6. The van der Waals surface area contributed by atoms with Gasteiger partial charge in [-0.05, 0) is 63.3 Å². The quantitative estimate of drug-likeness (QED) is 0.363. The van der Waals surface area contributed by atoms with Gasteiger partial charge in [0.15, 0.2) is 0 Å². The van der Waals surface area contributed by atoms with E-state index in [2.05, 4.69) is 18.7 Å². The number of nitrogens with two attached hydrogens (primary N) is 1. The van der Waals surface area contributed by atoms with Crippen LogP contribution >= 0.6 is 0 Å². The summed E-state index contributed by atoms with van der Waals surface area (Å²) in [4.78, 5) is 14.4. The molecule has 0 amide bonds. The lowest BCUT2D eigenvalue weighted by Gasteiger charge is -2.20. The van der Waals surface area contributed by atoms with Crippen molar-refractivity contribution in [3.8, 4) is 0 Å². The molecule has 31 heavy (non-hydrogen) atoms. The molecule has 0 saturated carbocycles. The Labute approximate surface area is 184 Å². The maximum absolute atomic E-state index is 12.4. The molecule has 0 radical (unpaired) electrons. The zero-order valence-electron chi connectivity index (χ0n) is 19.0.